The maximum atomic E-state index is 12.5. The molecule has 21 heavy (non-hydrogen) atoms. The topological polar surface area (TPSA) is 93.2 Å². The zero-order valence-electron chi connectivity index (χ0n) is 11.1. The number of hydrogen-bond donors (Lipinski definition) is 1. The Morgan fingerprint density at radius 1 is 1.19 bits per heavy atom. The summed E-state index contributed by atoms with van der Waals surface area (Å²) in [6, 6.07) is 7.84. The van der Waals surface area contributed by atoms with E-state index in [-0.39, 0.29) is 16.4 Å². The van der Waals surface area contributed by atoms with Crippen LogP contribution in [0.3, 0.4) is 0 Å². The summed E-state index contributed by atoms with van der Waals surface area (Å²) >= 11 is 0. The molecular weight excluding hydrogens is 312 g/mol. The van der Waals surface area contributed by atoms with E-state index in [4.69, 9.17) is 0 Å². The van der Waals surface area contributed by atoms with Gasteiger partial charge in [-0.1, -0.05) is 18.2 Å². The van der Waals surface area contributed by atoms with E-state index in [1.807, 2.05) is 0 Å². The van der Waals surface area contributed by atoms with Gasteiger partial charge in [0.25, 0.3) is 0 Å². The zero-order valence-corrected chi connectivity index (χ0v) is 12.7. The van der Waals surface area contributed by atoms with Crippen molar-refractivity contribution in [2.24, 2.45) is 0 Å². The molecule has 112 valence electrons. The molecule has 1 aromatic carbocycles. The third-order valence-corrected chi connectivity index (χ3v) is 6.76. The number of sulfone groups is 1. The number of aromatic nitrogens is 1. The largest absolute Gasteiger partial charge is 0.255 e. The molecule has 1 aromatic heterocycles. The van der Waals surface area contributed by atoms with Crippen molar-refractivity contribution < 1.29 is 16.8 Å². The Hall–Kier alpha value is -1.51. The van der Waals surface area contributed by atoms with Gasteiger partial charge in [0.2, 0.25) is 10.0 Å². The molecule has 1 aliphatic heterocycles. The lowest BCUT2D eigenvalue weighted by Crippen LogP contribution is -2.35. The van der Waals surface area contributed by atoms with Crippen molar-refractivity contribution in [3.63, 3.8) is 0 Å². The molecule has 2 aromatic rings. The lowest BCUT2D eigenvalue weighted by Gasteiger charge is -2.12. The molecule has 1 atom stereocenters. The first-order valence-corrected chi connectivity index (χ1v) is 9.74. The van der Waals surface area contributed by atoms with E-state index in [1.54, 1.807) is 24.3 Å². The number of para-hydroxylation sites is 1. The molecule has 8 heteroatoms. The number of pyridine rings is 1. The highest BCUT2D eigenvalue weighted by molar-refractivity contribution is 7.92. The summed E-state index contributed by atoms with van der Waals surface area (Å²) in [5.74, 6) is -0.127. The van der Waals surface area contributed by atoms with Gasteiger partial charge in [-0.3, -0.25) is 4.98 Å². The summed E-state index contributed by atoms with van der Waals surface area (Å²) in [5.41, 5.74) is 0.383. The highest BCUT2D eigenvalue weighted by atomic mass is 32.2. The van der Waals surface area contributed by atoms with Gasteiger partial charge >= 0.3 is 0 Å². The van der Waals surface area contributed by atoms with Crippen molar-refractivity contribution in [3.8, 4) is 0 Å². The summed E-state index contributed by atoms with van der Waals surface area (Å²) in [5, 5.41) is 0.722. The van der Waals surface area contributed by atoms with Crippen molar-refractivity contribution in [3.05, 3.63) is 36.5 Å². The van der Waals surface area contributed by atoms with Crippen molar-refractivity contribution in [1.29, 1.82) is 0 Å². The number of fused-ring (bicyclic) bond motifs is 1. The van der Waals surface area contributed by atoms with Gasteiger partial charge in [-0.15, -0.1) is 0 Å². The highest BCUT2D eigenvalue weighted by Crippen LogP contribution is 2.22. The Bertz CT molecular complexity index is 886. The van der Waals surface area contributed by atoms with Crippen LogP contribution in [0, 0.1) is 0 Å². The Labute approximate surface area is 123 Å². The van der Waals surface area contributed by atoms with Crippen molar-refractivity contribution in [1.82, 2.24) is 9.71 Å². The van der Waals surface area contributed by atoms with E-state index < -0.39 is 25.9 Å². The lowest BCUT2D eigenvalue weighted by molar-refractivity contribution is 0.563. The van der Waals surface area contributed by atoms with Gasteiger partial charge in [0.1, 0.15) is 4.90 Å². The maximum absolute atomic E-state index is 12.5. The minimum Gasteiger partial charge on any atom is -0.255 e. The molecule has 0 bridgehead atoms. The smallest absolute Gasteiger partial charge is 0.243 e. The van der Waals surface area contributed by atoms with E-state index in [9.17, 15) is 16.8 Å². The van der Waals surface area contributed by atoms with Crippen LogP contribution in [0.5, 0.6) is 0 Å². The van der Waals surface area contributed by atoms with Crippen molar-refractivity contribution in [2.45, 2.75) is 17.4 Å². The lowest BCUT2D eigenvalue weighted by atomic mass is 10.2. The molecule has 0 radical (unpaired) electrons. The number of sulfonamides is 1. The summed E-state index contributed by atoms with van der Waals surface area (Å²) < 4.78 is 50.3. The fourth-order valence-electron chi connectivity index (χ4n) is 2.46. The van der Waals surface area contributed by atoms with Crippen LogP contribution in [-0.4, -0.2) is 39.4 Å². The van der Waals surface area contributed by atoms with Crippen molar-refractivity contribution in [2.75, 3.05) is 11.5 Å². The average molecular weight is 326 g/mol. The summed E-state index contributed by atoms with van der Waals surface area (Å²) in [7, 11) is -6.93. The van der Waals surface area contributed by atoms with Gasteiger partial charge in [0, 0.05) is 17.6 Å². The minimum atomic E-state index is -3.80. The molecule has 0 spiro atoms. The van der Waals surface area contributed by atoms with Crippen LogP contribution in [0.25, 0.3) is 10.9 Å². The van der Waals surface area contributed by atoms with E-state index in [1.165, 1.54) is 12.3 Å². The molecule has 1 aliphatic rings. The van der Waals surface area contributed by atoms with Crippen LogP contribution < -0.4 is 4.72 Å². The van der Waals surface area contributed by atoms with E-state index in [0.717, 1.165) is 5.39 Å². The molecular formula is C13H14N2O4S2. The predicted octanol–water partition coefficient (Wildman–Crippen LogP) is 0.700. The van der Waals surface area contributed by atoms with Gasteiger partial charge in [0.15, 0.2) is 9.84 Å². The molecule has 6 nitrogen and oxygen atoms in total. The maximum Gasteiger partial charge on any atom is 0.243 e. The number of hydrogen-bond acceptors (Lipinski definition) is 5. The van der Waals surface area contributed by atoms with E-state index in [0.29, 0.717) is 11.9 Å². The Kier molecular flexibility index (Phi) is 3.46. The van der Waals surface area contributed by atoms with Crippen molar-refractivity contribution >= 4 is 30.8 Å². The van der Waals surface area contributed by atoms with E-state index in [2.05, 4.69) is 9.71 Å². The van der Waals surface area contributed by atoms with Gasteiger partial charge in [-0.2, -0.15) is 0 Å². The fraction of sp³-hybridized carbons (Fsp3) is 0.308. The second-order valence-corrected chi connectivity index (χ2v) is 8.96. The van der Waals surface area contributed by atoms with Crippen LogP contribution in [0.2, 0.25) is 0 Å². The Morgan fingerprint density at radius 2 is 1.95 bits per heavy atom. The summed E-state index contributed by atoms with van der Waals surface area (Å²) in [4.78, 5) is 4.19. The van der Waals surface area contributed by atoms with Crippen LogP contribution in [0.1, 0.15) is 6.42 Å². The first kappa shape index (κ1) is 14.4. The number of nitrogens with one attached hydrogen (secondary N) is 1. The second-order valence-electron chi connectivity index (χ2n) is 5.05. The second kappa shape index (κ2) is 5.04. The van der Waals surface area contributed by atoms with Crippen LogP contribution in [0.15, 0.2) is 41.4 Å². The minimum absolute atomic E-state index is 0.0218. The first-order chi connectivity index (χ1) is 9.87. The SMILES string of the molecule is O=S1(=O)CC[C@@H](NS(=O)(=O)c2cccc3cccnc23)C1. The number of rotatable bonds is 3. The average Bonchev–Trinajstić information content (AvgIpc) is 2.76. The molecule has 1 fully saturated rings. The predicted molar refractivity (Wildman–Crippen MR) is 79.1 cm³/mol. The third kappa shape index (κ3) is 2.92. The van der Waals surface area contributed by atoms with Gasteiger partial charge in [-0.05, 0) is 18.6 Å². The molecule has 0 unspecified atom stereocenters. The third-order valence-electron chi connectivity index (χ3n) is 3.44. The normalized spacial score (nSPS) is 21.6. The zero-order chi connectivity index (χ0) is 15.1. The van der Waals surface area contributed by atoms with Gasteiger partial charge in [-0.25, -0.2) is 21.6 Å². The highest BCUT2D eigenvalue weighted by Gasteiger charge is 2.32. The molecule has 1 N–H and O–H groups in total. The fourth-order valence-corrected chi connectivity index (χ4v) is 5.69. The molecule has 2 heterocycles. The quantitative estimate of drug-likeness (QED) is 0.896. The van der Waals surface area contributed by atoms with Crippen LogP contribution >= 0.6 is 0 Å². The number of benzene rings is 1. The molecule has 0 saturated carbocycles. The monoisotopic (exact) mass is 326 g/mol. The first-order valence-electron chi connectivity index (χ1n) is 6.44. The van der Waals surface area contributed by atoms with Gasteiger partial charge in [0.05, 0.1) is 17.0 Å². The van der Waals surface area contributed by atoms with E-state index >= 15 is 0 Å². The number of nitrogens with zero attached hydrogens (tertiary/aromatic N) is 1. The van der Waals surface area contributed by atoms with Crippen LogP contribution in [-0.2, 0) is 19.9 Å². The van der Waals surface area contributed by atoms with Crippen LogP contribution in [0.4, 0.5) is 0 Å². The Balaban J connectivity index is 1.98. The summed E-state index contributed by atoms with van der Waals surface area (Å²) in [6.45, 7) is 0. The molecule has 3 rings (SSSR count). The molecule has 0 aliphatic carbocycles. The molecule has 1 saturated heterocycles. The summed E-state index contributed by atoms with van der Waals surface area (Å²) in [6.07, 6.45) is 1.83. The Morgan fingerprint density at radius 3 is 2.67 bits per heavy atom. The molecule has 0 amide bonds. The van der Waals surface area contributed by atoms with Gasteiger partial charge < -0.3 is 0 Å². The standard InChI is InChI=1S/C13H14N2O4S2/c16-20(17)8-6-11(9-20)15-21(18,19)12-5-1-3-10-4-2-7-14-13(10)12/h1-5,7,11,15H,6,8-9H2/t11-/m1/s1.